The van der Waals surface area contributed by atoms with Crippen LogP contribution >= 0.6 is 19.2 Å². The Morgan fingerprint density at radius 1 is 1.46 bits per heavy atom. The third kappa shape index (κ3) is 5.78. The molecule has 3 nitrogen and oxygen atoms in total. The summed E-state index contributed by atoms with van der Waals surface area (Å²) in [5.41, 5.74) is 0.531. The first-order valence-corrected chi connectivity index (χ1v) is 8.91. The molecule has 0 saturated carbocycles. The molecule has 6 heteroatoms. The third-order valence-electron chi connectivity index (χ3n) is 1.33. The zero-order chi connectivity index (χ0) is 10.6. The van der Waals surface area contributed by atoms with E-state index in [1.807, 2.05) is 34.2 Å². The van der Waals surface area contributed by atoms with Crippen LogP contribution in [0.4, 0.5) is 0 Å². The molecule has 0 amide bonds. The third-order valence-corrected chi connectivity index (χ3v) is 6.31. The van der Waals surface area contributed by atoms with E-state index in [-0.39, 0.29) is 0 Å². The maximum Gasteiger partial charge on any atom is 0.316 e. The molecule has 1 atom stereocenters. The number of hydrogen-bond donors (Lipinski definition) is 0. The van der Waals surface area contributed by atoms with Gasteiger partial charge in [-0.1, -0.05) is 0 Å². The number of rotatable bonds is 4. The lowest BCUT2D eigenvalue weighted by atomic mass is 10.5. The van der Waals surface area contributed by atoms with Gasteiger partial charge < -0.3 is 9.38 Å². The molecule has 0 aliphatic heterocycles. The predicted octanol–water partition coefficient (Wildman–Crippen LogP) is 1.00. The minimum absolute atomic E-state index is 0.531. The molecule has 0 aromatic rings. The molecular weight excluding hydrogens is 225 g/mol. The summed E-state index contributed by atoms with van der Waals surface area (Å²) < 4.78 is 5.34. The molecule has 0 saturated heterocycles. The molecule has 0 rings (SSSR count). The molecule has 1 radical (unpaired) electrons. The Hall–Kier alpha value is 0.557. The maximum atomic E-state index is 11.7. The highest BCUT2D eigenvalue weighted by Gasteiger charge is 2.23. The molecule has 0 bridgehead atoms. The fraction of sp³-hybridized carbons (Fsp3) is 0.857. The first-order valence-electron chi connectivity index (χ1n) is 4.00. The van der Waals surface area contributed by atoms with E-state index in [4.69, 9.17) is 11.9 Å². The second-order valence-corrected chi connectivity index (χ2v) is 11.2. The molecule has 13 heavy (non-hydrogen) atoms. The van der Waals surface area contributed by atoms with Crippen LogP contribution < -0.4 is 4.89 Å². The van der Waals surface area contributed by atoms with Gasteiger partial charge in [-0.3, -0.25) is 0 Å². The first kappa shape index (κ1) is 13.6. The van der Waals surface area contributed by atoms with Gasteiger partial charge in [0.25, 0.3) is 5.48 Å². The predicted molar refractivity (Wildman–Crippen MR) is 59.2 cm³/mol. The van der Waals surface area contributed by atoms with E-state index in [9.17, 15) is 4.89 Å². The van der Waals surface area contributed by atoms with Gasteiger partial charge >= 0.3 is 8.46 Å². The van der Waals surface area contributed by atoms with E-state index < -0.39 is 15.8 Å². The second-order valence-electron chi connectivity index (χ2n) is 4.16. The summed E-state index contributed by atoms with van der Waals surface area (Å²) >= 11 is 5.30. The van der Waals surface area contributed by atoms with E-state index >= 15 is 0 Å². The van der Waals surface area contributed by atoms with Gasteiger partial charge in [0.15, 0.2) is 6.54 Å². The minimum Gasteiger partial charge on any atom is -0.641 e. The summed E-state index contributed by atoms with van der Waals surface area (Å²) in [4.78, 5) is 11.7. The lowest BCUT2D eigenvalue weighted by Crippen LogP contribution is -2.40. The Bertz CT molecular complexity index is 203. The van der Waals surface area contributed by atoms with Crippen LogP contribution in [-0.4, -0.2) is 46.1 Å². The lowest BCUT2D eigenvalue weighted by molar-refractivity contribution is -0.861. The largest absolute Gasteiger partial charge is 0.641 e. The van der Waals surface area contributed by atoms with Crippen molar-refractivity contribution in [3.8, 4) is 0 Å². The number of halogens is 1. The molecule has 0 N–H and O–H groups in total. The van der Waals surface area contributed by atoms with Crippen LogP contribution in [0.5, 0.6) is 0 Å². The highest BCUT2D eigenvalue weighted by atomic mass is 35.5. The van der Waals surface area contributed by atoms with E-state index in [0.29, 0.717) is 16.5 Å². The van der Waals surface area contributed by atoms with Crippen molar-refractivity contribution in [1.29, 1.82) is 0 Å². The zero-order valence-corrected chi connectivity index (χ0v) is 11.4. The summed E-state index contributed by atoms with van der Waals surface area (Å²) in [6.45, 7) is 4.60. The monoisotopic (exact) mass is 241 g/mol. The molecular formula is C7H17ClNO2PSi+. The molecule has 0 fully saturated rings. The van der Waals surface area contributed by atoms with Crippen molar-refractivity contribution in [2.45, 2.75) is 13.1 Å². The quantitative estimate of drug-likeness (QED) is 0.418. The summed E-state index contributed by atoms with van der Waals surface area (Å²) in [7, 11) is 3.82. The summed E-state index contributed by atoms with van der Waals surface area (Å²) in [6.07, 6.45) is 0. The average molecular weight is 242 g/mol. The first-order chi connectivity index (χ1) is 5.78. The lowest BCUT2D eigenvalue weighted by Gasteiger charge is -2.23. The van der Waals surface area contributed by atoms with Crippen molar-refractivity contribution in [3.63, 3.8) is 0 Å². The fourth-order valence-electron chi connectivity index (χ4n) is 0.775. The van der Waals surface area contributed by atoms with Crippen LogP contribution in [0.15, 0.2) is 0 Å². The Morgan fingerprint density at radius 2 is 1.92 bits per heavy atom. The summed E-state index contributed by atoms with van der Waals surface area (Å²) in [5, 5.41) is 0. The molecule has 0 aliphatic rings. The minimum atomic E-state index is -1.37. The van der Waals surface area contributed by atoms with Crippen LogP contribution in [0, 0.1) is 0 Å². The molecule has 77 valence electrons. The Labute approximate surface area is 88.0 Å². The van der Waals surface area contributed by atoms with Crippen molar-refractivity contribution in [3.05, 3.63) is 0 Å². The molecule has 0 aliphatic carbocycles. The van der Waals surface area contributed by atoms with Gasteiger partial charge in [0.2, 0.25) is 0 Å². The van der Waals surface area contributed by atoms with Crippen molar-refractivity contribution < 1.29 is 13.7 Å². The smallest absolute Gasteiger partial charge is 0.316 e. The topological polar surface area (TPSA) is 32.3 Å². The highest BCUT2D eigenvalue weighted by Crippen LogP contribution is 2.20. The molecule has 1 unspecified atom stereocenters. The van der Waals surface area contributed by atoms with Crippen LogP contribution in [0.2, 0.25) is 13.1 Å². The van der Waals surface area contributed by atoms with Gasteiger partial charge in [-0.2, -0.15) is 4.29 Å². The van der Waals surface area contributed by atoms with Crippen LogP contribution in [0.3, 0.4) is 0 Å². The zero-order valence-electron chi connectivity index (χ0n) is 8.80. The van der Waals surface area contributed by atoms with Gasteiger partial charge in [-0.25, -0.2) is 0 Å². The Kier molecular flexibility index (Phi) is 5.67. The fourth-order valence-corrected chi connectivity index (χ4v) is 4.15. The summed E-state index contributed by atoms with van der Waals surface area (Å²) in [6, 6.07) is 0. The van der Waals surface area contributed by atoms with Crippen LogP contribution in [0.1, 0.15) is 0 Å². The molecule has 0 aromatic heterocycles. The number of quaternary nitrogens is 1. The van der Waals surface area contributed by atoms with Gasteiger partial charge in [-0.15, -0.1) is 0 Å². The van der Waals surface area contributed by atoms with Gasteiger partial charge in [0, 0.05) is 7.32 Å². The van der Waals surface area contributed by atoms with E-state index in [0.717, 1.165) is 0 Å². The van der Waals surface area contributed by atoms with Crippen LogP contribution in [-0.2, 0) is 4.29 Å². The summed E-state index contributed by atoms with van der Waals surface area (Å²) in [5.74, 6) is 0. The Morgan fingerprint density at radius 3 is 2.15 bits per heavy atom. The standard InChI is InChI=1S/C7H17ClNO2PSi/c1-9(2,3)6-7(11-8)12(10)13(4)5/h6H2,1-5H3/q+1. The number of likely N-dealkylation sites (N-methyl/N-ethyl adjacent to an activating group) is 1. The normalized spacial score (nSPS) is 14.8. The second kappa shape index (κ2) is 5.44. The van der Waals surface area contributed by atoms with Crippen molar-refractivity contribution in [1.82, 2.24) is 0 Å². The highest BCUT2D eigenvalue weighted by molar-refractivity contribution is 7.84. The Balaban J connectivity index is 4.60. The van der Waals surface area contributed by atoms with Crippen LogP contribution in [0.25, 0.3) is 0 Å². The SMILES string of the molecule is C[Si](C)[P+]([O-])=C(C[N+](C)(C)C)OCl. The molecule has 0 heterocycles. The van der Waals surface area contributed by atoms with Gasteiger partial charge in [0.1, 0.15) is 0 Å². The van der Waals surface area contributed by atoms with Crippen molar-refractivity contribution >= 4 is 33.1 Å². The maximum absolute atomic E-state index is 11.7. The van der Waals surface area contributed by atoms with Crippen molar-refractivity contribution in [2.24, 2.45) is 0 Å². The van der Waals surface area contributed by atoms with Crippen molar-refractivity contribution in [2.75, 3.05) is 27.7 Å². The van der Waals surface area contributed by atoms with E-state index in [2.05, 4.69) is 4.29 Å². The molecule has 0 aromatic carbocycles. The van der Waals surface area contributed by atoms with E-state index in [1.165, 1.54) is 0 Å². The van der Waals surface area contributed by atoms with Gasteiger partial charge in [-0.05, 0) is 13.1 Å². The molecule has 0 spiro atoms. The van der Waals surface area contributed by atoms with E-state index in [1.54, 1.807) is 0 Å². The van der Waals surface area contributed by atoms with Gasteiger partial charge in [0.05, 0.1) is 33.0 Å². The number of nitrogens with zero attached hydrogens (tertiary/aromatic N) is 1. The average Bonchev–Trinajstić information content (AvgIpc) is 1.97. The number of hydrogen-bond acceptors (Lipinski definition) is 2.